The molecule has 0 bridgehead atoms. The summed E-state index contributed by atoms with van der Waals surface area (Å²) in [6.45, 7) is 1.76. The van der Waals surface area contributed by atoms with Crippen LogP contribution in [0.4, 0.5) is 5.69 Å². The topological polar surface area (TPSA) is 103 Å². The van der Waals surface area contributed by atoms with E-state index in [0.717, 1.165) is 11.6 Å². The van der Waals surface area contributed by atoms with Crippen molar-refractivity contribution in [1.82, 2.24) is 9.88 Å². The summed E-state index contributed by atoms with van der Waals surface area (Å²) in [4.78, 5) is 34.1. The van der Waals surface area contributed by atoms with E-state index in [2.05, 4.69) is 5.32 Å². The van der Waals surface area contributed by atoms with E-state index in [1.165, 1.54) is 24.7 Å². The smallest absolute Gasteiger partial charge is 0.355 e. The van der Waals surface area contributed by atoms with Crippen LogP contribution in [0.15, 0.2) is 42.6 Å². The Bertz CT molecular complexity index is 754. The van der Waals surface area contributed by atoms with Gasteiger partial charge in [-0.3, -0.25) is 14.9 Å². The van der Waals surface area contributed by atoms with Crippen LogP contribution in [-0.2, 0) is 23.1 Å². The number of rotatable bonds is 6. The molecule has 1 atom stereocenters. The lowest BCUT2D eigenvalue weighted by atomic mass is 10.2. The molecule has 0 saturated carbocycles. The quantitative estimate of drug-likeness (QED) is 0.494. The molecule has 0 saturated heterocycles. The van der Waals surface area contributed by atoms with Crippen LogP contribution >= 0.6 is 0 Å². The molecule has 0 aliphatic carbocycles. The highest BCUT2D eigenvalue weighted by molar-refractivity contribution is 5.91. The lowest BCUT2D eigenvalue weighted by Crippen LogP contribution is -2.35. The molecule has 0 fully saturated rings. The average Bonchev–Trinajstić information content (AvgIpc) is 2.95. The summed E-state index contributed by atoms with van der Waals surface area (Å²) in [7, 11) is 1.49. The third-order valence-corrected chi connectivity index (χ3v) is 3.37. The maximum absolute atomic E-state index is 12.0. The average molecular weight is 331 g/mol. The fourth-order valence-corrected chi connectivity index (χ4v) is 2.05. The summed E-state index contributed by atoms with van der Waals surface area (Å²) in [6.07, 6.45) is 0.187. The van der Waals surface area contributed by atoms with E-state index < -0.39 is 22.9 Å². The van der Waals surface area contributed by atoms with Gasteiger partial charge in [-0.15, -0.1) is 0 Å². The minimum Gasteiger partial charge on any atom is -0.448 e. The lowest BCUT2D eigenvalue weighted by molar-refractivity contribution is -0.384. The van der Waals surface area contributed by atoms with E-state index in [0.29, 0.717) is 6.54 Å². The molecule has 24 heavy (non-hydrogen) atoms. The molecule has 0 aliphatic heterocycles. The highest BCUT2D eigenvalue weighted by atomic mass is 16.6. The third kappa shape index (κ3) is 4.19. The maximum Gasteiger partial charge on any atom is 0.355 e. The number of nitrogens with one attached hydrogen (secondary N) is 1. The number of nitro groups is 1. The first-order chi connectivity index (χ1) is 11.4. The Balaban J connectivity index is 1.93. The number of aromatic nitrogens is 1. The van der Waals surface area contributed by atoms with E-state index in [4.69, 9.17) is 4.74 Å². The van der Waals surface area contributed by atoms with E-state index in [-0.39, 0.29) is 11.4 Å². The van der Waals surface area contributed by atoms with Crippen molar-refractivity contribution in [3.8, 4) is 0 Å². The minimum absolute atomic E-state index is 0.00408. The number of esters is 1. The van der Waals surface area contributed by atoms with Gasteiger partial charge in [0.05, 0.1) is 11.1 Å². The molecule has 1 heterocycles. The number of hydrogen-bond donors (Lipinski definition) is 1. The van der Waals surface area contributed by atoms with Crippen LogP contribution in [0.25, 0.3) is 0 Å². The first-order valence-electron chi connectivity index (χ1n) is 7.22. The van der Waals surface area contributed by atoms with Crippen molar-refractivity contribution in [1.29, 1.82) is 0 Å². The summed E-state index contributed by atoms with van der Waals surface area (Å²) in [5, 5.41) is 13.4. The van der Waals surface area contributed by atoms with Crippen molar-refractivity contribution in [2.75, 3.05) is 0 Å². The van der Waals surface area contributed by atoms with Gasteiger partial charge in [-0.25, -0.2) is 4.79 Å². The number of ether oxygens (including phenoxy) is 1. The van der Waals surface area contributed by atoms with Crippen molar-refractivity contribution in [2.45, 2.75) is 19.6 Å². The fraction of sp³-hybridized carbons (Fsp3) is 0.250. The van der Waals surface area contributed by atoms with E-state index in [1.54, 1.807) is 0 Å². The molecule has 2 aromatic rings. The van der Waals surface area contributed by atoms with Crippen LogP contribution in [0.2, 0.25) is 0 Å². The fourth-order valence-electron chi connectivity index (χ4n) is 2.05. The molecule has 1 amide bonds. The van der Waals surface area contributed by atoms with E-state index in [9.17, 15) is 19.7 Å². The van der Waals surface area contributed by atoms with Crippen molar-refractivity contribution < 1.29 is 19.2 Å². The summed E-state index contributed by atoms with van der Waals surface area (Å²) >= 11 is 0. The molecule has 1 aromatic heterocycles. The molecule has 126 valence electrons. The van der Waals surface area contributed by atoms with Crippen LogP contribution in [0.1, 0.15) is 23.0 Å². The van der Waals surface area contributed by atoms with Crippen LogP contribution < -0.4 is 5.32 Å². The number of amides is 1. The zero-order chi connectivity index (χ0) is 17.7. The van der Waals surface area contributed by atoms with Gasteiger partial charge >= 0.3 is 5.97 Å². The normalized spacial score (nSPS) is 11.6. The van der Waals surface area contributed by atoms with Crippen LogP contribution in [0.5, 0.6) is 0 Å². The summed E-state index contributed by atoms with van der Waals surface area (Å²) in [6, 6.07) is 10.4. The van der Waals surface area contributed by atoms with Gasteiger partial charge in [-0.2, -0.15) is 0 Å². The van der Waals surface area contributed by atoms with Crippen LogP contribution in [-0.4, -0.2) is 27.5 Å². The Kier molecular flexibility index (Phi) is 5.31. The molecular formula is C16H17N3O5. The summed E-state index contributed by atoms with van der Waals surface area (Å²) < 4.78 is 6.35. The highest BCUT2D eigenvalue weighted by Gasteiger charge is 2.23. The maximum atomic E-state index is 12.0. The Morgan fingerprint density at radius 3 is 2.58 bits per heavy atom. The number of aryl methyl sites for hydroxylation is 1. The number of hydrogen-bond acceptors (Lipinski definition) is 5. The molecule has 0 spiro atoms. The number of carbonyl (C=O) groups excluding carboxylic acids is 2. The predicted octanol–water partition coefficient (Wildman–Crippen LogP) is 1.79. The van der Waals surface area contributed by atoms with Crippen LogP contribution in [0.3, 0.4) is 0 Å². The molecule has 0 radical (unpaired) electrons. The van der Waals surface area contributed by atoms with Gasteiger partial charge in [0.1, 0.15) is 5.69 Å². The summed E-state index contributed by atoms with van der Waals surface area (Å²) in [5.74, 6) is -1.25. The molecule has 8 nitrogen and oxygen atoms in total. The molecule has 1 aromatic carbocycles. The van der Waals surface area contributed by atoms with Gasteiger partial charge in [0.15, 0.2) is 6.10 Å². The second-order valence-corrected chi connectivity index (χ2v) is 5.20. The monoisotopic (exact) mass is 331 g/mol. The Morgan fingerprint density at radius 2 is 2.00 bits per heavy atom. The summed E-state index contributed by atoms with van der Waals surface area (Å²) in [5.41, 5.74) is 0.706. The standard InChI is InChI=1S/C16H17N3O5/c1-11(15(20)17-9-12-6-4-3-5-7-12)24-16(21)14-8-13(19(22)23)10-18(14)2/h3-8,10-11H,9H2,1-2H3,(H,17,20). The predicted molar refractivity (Wildman–Crippen MR) is 85.2 cm³/mol. The van der Waals surface area contributed by atoms with Crippen molar-refractivity contribution in [2.24, 2.45) is 7.05 Å². The van der Waals surface area contributed by atoms with Crippen molar-refractivity contribution in [3.63, 3.8) is 0 Å². The second kappa shape index (κ2) is 7.40. The molecule has 0 aliphatic rings. The van der Waals surface area contributed by atoms with Gasteiger partial charge < -0.3 is 14.6 Å². The van der Waals surface area contributed by atoms with E-state index >= 15 is 0 Å². The van der Waals surface area contributed by atoms with E-state index in [1.807, 2.05) is 30.3 Å². The minimum atomic E-state index is -1.02. The second-order valence-electron chi connectivity index (χ2n) is 5.20. The number of nitrogens with zero attached hydrogens (tertiary/aromatic N) is 2. The largest absolute Gasteiger partial charge is 0.448 e. The Hall–Kier alpha value is -3.16. The van der Waals surface area contributed by atoms with Crippen LogP contribution in [0, 0.1) is 10.1 Å². The first-order valence-corrected chi connectivity index (χ1v) is 7.22. The van der Waals surface area contributed by atoms with Gasteiger partial charge in [-0.1, -0.05) is 30.3 Å². The third-order valence-electron chi connectivity index (χ3n) is 3.37. The molecule has 8 heteroatoms. The Labute approximate surface area is 138 Å². The van der Waals surface area contributed by atoms with Gasteiger partial charge in [-0.05, 0) is 12.5 Å². The highest BCUT2D eigenvalue weighted by Crippen LogP contribution is 2.16. The Morgan fingerprint density at radius 1 is 1.33 bits per heavy atom. The molecule has 2 rings (SSSR count). The first kappa shape index (κ1) is 17.2. The lowest BCUT2D eigenvalue weighted by Gasteiger charge is -2.13. The molecular weight excluding hydrogens is 314 g/mol. The van der Waals surface area contributed by atoms with Gasteiger partial charge in [0.2, 0.25) is 0 Å². The molecule has 1 unspecified atom stereocenters. The zero-order valence-corrected chi connectivity index (χ0v) is 13.3. The zero-order valence-electron chi connectivity index (χ0n) is 13.3. The molecule has 1 N–H and O–H groups in total. The van der Waals surface area contributed by atoms with Crippen molar-refractivity contribution >= 4 is 17.6 Å². The SMILES string of the molecule is CC(OC(=O)c1cc([N+](=O)[O-])cn1C)C(=O)NCc1ccccc1. The number of benzene rings is 1. The van der Waals surface area contributed by atoms with Gasteiger partial charge in [0.25, 0.3) is 11.6 Å². The number of carbonyl (C=O) groups is 2. The van der Waals surface area contributed by atoms with Crippen molar-refractivity contribution in [3.05, 3.63) is 64.0 Å². The van der Waals surface area contributed by atoms with Gasteiger partial charge in [0, 0.05) is 19.7 Å².